The summed E-state index contributed by atoms with van der Waals surface area (Å²) in [7, 11) is 0. The molecule has 3 heteroatoms. The molecule has 0 saturated carbocycles. The first-order chi connectivity index (χ1) is 5.74. The molecule has 0 saturated heterocycles. The lowest BCUT2D eigenvalue weighted by molar-refractivity contribution is 0.512. The van der Waals surface area contributed by atoms with Crippen molar-refractivity contribution in [3.8, 4) is 0 Å². The molecule has 0 aliphatic carbocycles. The molecule has 68 valence electrons. The van der Waals surface area contributed by atoms with E-state index in [1.807, 2.05) is 6.07 Å². The molecule has 2 nitrogen and oxygen atoms in total. The van der Waals surface area contributed by atoms with Gasteiger partial charge in [0.15, 0.2) is 4.67 Å². The predicted octanol–water partition coefficient (Wildman–Crippen LogP) is 2.93. The molecule has 0 fully saturated rings. The van der Waals surface area contributed by atoms with Gasteiger partial charge in [0.2, 0.25) is 0 Å². The molecule has 1 N–H and O–H groups in total. The van der Waals surface area contributed by atoms with E-state index in [2.05, 4.69) is 35.1 Å². The van der Waals surface area contributed by atoms with Crippen LogP contribution in [0.2, 0.25) is 0 Å². The van der Waals surface area contributed by atoms with Crippen LogP contribution in [0, 0.1) is 0 Å². The summed E-state index contributed by atoms with van der Waals surface area (Å²) in [5, 5.41) is 3.39. The molecule has 1 aromatic heterocycles. The van der Waals surface area contributed by atoms with E-state index < -0.39 is 0 Å². The third kappa shape index (κ3) is 2.64. The fourth-order valence-electron chi connectivity index (χ4n) is 0.874. The molecule has 1 aromatic rings. The predicted molar refractivity (Wildman–Crippen MR) is 53.0 cm³/mol. The van der Waals surface area contributed by atoms with Gasteiger partial charge >= 0.3 is 0 Å². The minimum Gasteiger partial charge on any atom is -0.457 e. The summed E-state index contributed by atoms with van der Waals surface area (Å²) >= 11 is 3.33. The van der Waals surface area contributed by atoms with Gasteiger partial charge in [-0.1, -0.05) is 6.92 Å². The monoisotopic (exact) mass is 231 g/mol. The van der Waals surface area contributed by atoms with Crippen LogP contribution in [-0.2, 0) is 6.54 Å². The average molecular weight is 232 g/mol. The van der Waals surface area contributed by atoms with Crippen LogP contribution in [0.3, 0.4) is 0 Å². The largest absolute Gasteiger partial charge is 0.457 e. The molecule has 0 aromatic carbocycles. The molecule has 1 atom stereocenters. The standard InChI is InChI=1S/C9H14BrNO/c1-3-7(2)11-6-8-4-5-12-9(8)10/h4-5,7,11H,3,6H2,1-2H3. The van der Waals surface area contributed by atoms with Crippen molar-refractivity contribution in [1.29, 1.82) is 0 Å². The molecule has 1 unspecified atom stereocenters. The first-order valence-electron chi connectivity index (χ1n) is 4.19. The summed E-state index contributed by atoms with van der Waals surface area (Å²) in [6.45, 7) is 5.21. The molecular weight excluding hydrogens is 218 g/mol. The lowest BCUT2D eigenvalue weighted by Crippen LogP contribution is -2.24. The van der Waals surface area contributed by atoms with E-state index in [0.717, 1.165) is 17.6 Å². The molecule has 1 heterocycles. The topological polar surface area (TPSA) is 25.2 Å². The van der Waals surface area contributed by atoms with Gasteiger partial charge in [0.1, 0.15) is 0 Å². The summed E-state index contributed by atoms with van der Waals surface area (Å²) in [5.74, 6) is 0. The molecule has 12 heavy (non-hydrogen) atoms. The summed E-state index contributed by atoms with van der Waals surface area (Å²) in [6.07, 6.45) is 2.84. The van der Waals surface area contributed by atoms with Gasteiger partial charge in [0.25, 0.3) is 0 Å². The number of furan rings is 1. The Labute approximate surface area is 81.5 Å². The second-order valence-electron chi connectivity index (χ2n) is 2.91. The lowest BCUT2D eigenvalue weighted by atomic mass is 10.2. The van der Waals surface area contributed by atoms with E-state index in [0.29, 0.717) is 6.04 Å². The van der Waals surface area contributed by atoms with Gasteiger partial charge in [-0.25, -0.2) is 0 Å². The van der Waals surface area contributed by atoms with Gasteiger partial charge in [0.05, 0.1) is 6.26 Å². The Hall–Kier alpha value is -0.280. The lowest BCUT2D eigenvalue weighted by Gasteiger charge is -2.09. The summed E-state index contributed by atoms with van der Waals surface area (Å²) in [6, 6.07) is 2.53. The van der Waals surface area contributed by atoms with Crippen molar-refractivity contribution >= 4 is 15.9 Å². The second-order valence-corrected chi connectivity index (χ2v) is 3.63. The summed E-state index contributed by atoms with van der Waals surface area (Å²) < 4.78 is 5.94. The van der Waals surface area contributed by atoms with E-state index in [1.54, 1.807) is 6.26 Å². The number of nitrogens with one attached hydrogen (secondary N) is 1. The first-order valence-corrected chi connectivity index (χ1v) is 4.98. The maximum atomic E-state index is 5.11. The molecule has 1 rings (SSSR count). The highest BCUT2D eigenvalue weighted by Gasteiger charge is 2.03. The normalized spacial score (nSPS) is 13.2. The Morgan fingerprint density at radius 2 is 2.42 bits per heavy atom. The van der Waals surface area contributed by atoms with Gasteiger partial charge in [-0.2, -0.15) is 0 Å². The number of hydrogen-bond acceptors (Lipinski definition) is 2. The summed E-state index contributed by atoms with van der Waals surface area (Å²) in [5.41, 5.74) is 1.18. The fourth-order valence-corrected chi connectivity index (χ4v) is 1.25. The van der Waals surface area contributed by atoms with Crippen molar-refractivity contribution in [2.45, 2.75) is 32.9 Å². The molecule has 0 amide bonds. The smallest absolute Gasteiger partial charge is 0.173 e. The Morgan fingerprint density at radius 3 is 2.92 bits per heavy atom. The minimum atomic E-state index is 0.562. The van der Waals surface area contributed by atoms with Crippen LogP contribution >= 0.6 is 15.9 Å². The third-order valence-electron chi connectivity index (χ3n) is 1.95. The molecule has 0 bridgehead atoms. The molecule has 0 radical (unpaired) electrons. The molecule has 0 aliphatic heterocycles. The Kier molecular flexibility index (Phi) is 3.82. The maximum absolute atomic E-state index is 5.11. The first kappa shape index (κ1) is 9.81. The van der Waals surface area contributed by atoms with E-state index in [4.69, 9.17) is 4.42 Å². The Balaban J connectivity index is 2.38. The van der Waals surface area contributed by atoms with E-state index in [9.17, 15) is 0 Å². The third-order valence-corrected chi connectivity index (χ3v) is 2.64. The van der Waals surface area contributed by atoms with Crippen LogP contribution in [0.5, 0.6) is 0 Å². The van der Waals surface area contributed by atoms with Gasteiger partial charge in [-0.15, -0.1) is 0 Å². The second kappa shape index (κ2) is 4.67. The average Bonchev–Trinajstić information content (AvgIpc) is 2.47. The van der Waals surface area contributed by atoms with Crippen molar-refractivity contribution < 1.29 is 4.42 Å². The zero-order chi connectivity index (χ0) is 8.97. The zero-order valence-corrected chi connectivity index (χ0v) is 9.02. The van der Waals surface area contributed by atoms with E-state index in [1.165, 1.54) is 5.56 Å². The van der Waals surface area contributed by atoms with Crippen molar-refractivity contribution in [3.05, 3.63) is 22.6 Å². The SMILES string of the molecule is CCC(C)NCc1ccoc1Br. The minimum absolute atomic E-state index is 0.562. The Bertz CT molecular complexity index is 234. The van der Waals surface area contributed by atoms with Gasteiger partial charge in [-0.3, -0.25) is 0 Å². The van der Waals surface area contributed by atoms with E-state index >= 15 is 0 Å². The van der Waals surface area contributed by atoms with Crippen LogP contribution < -0.4 is 5.32 Å². The number of hydrogen-bond donors (Lipinski definition) is 1. The molecular formula is C9H14BrNO. The highest BCUT2D eigenvalue weighted by atomic mass is 79.9. The number of halogens is 1. The van der Waals surface area contributed by atoms with Crippen LogP contribution in [0.4, 0.5) is 0 Å². The van der Waals surface area contributed by atoms with Crippen molar-refractivity contribution in [2.75, 3.05) is 0 Å². The number of rotatable bonds is 4. The Morgan fingerprint density at radius 1 is 1.67 bits per heavy atom. The molecule has 0 aliphatic rings. The van der Waals surface area contributed by atoms with Crippen LogP contribution in [-0.4, -0.2) is 6.04 Å². The fraction of sp³-hybridized carbons (Fsp3) is 0.556. The van der Waals surface area contributed by atoms with Gasteiger partial charge in [-0.05, 0) is 35.3 Å². The maximum Gasteiger partial charge on any atom is 0.173 e. The zero-order valence-electron chi connectivity index (χ0n) is 7.43. The summed E-state index contributed by atoms with van der Waals surface area (Å²) in [4.78, 5) is 0. The highest BCUT2D eigenvalue weighted by molar-refractivity contribution is 9.10. The van der Waals surface area contributed by atoms with Crippen molar-refractivity contribution in [1.82, 2.24) is 5.32 Å². The highest BCUT2D eigenvalue weighted by Crippen LogP contribution is 2.17. The van der Waals surface area contributed by atoms with Crippen LogP contribution in [0.25, 0.3) is 0 Å². The van der Waals surface area contributed by atoms with Gasteiger partial charge in [0, 0.05) is 18.2 Å². The van der Waals surface area contributed by atoms with Crippen LogP contribution in [0.15, 0.2) is 21.4 Å². The quantitative estimate of drug-likeness (QED) is 0.863. The van der Waals surface area contributed by atoms with Crippen molar-refractivity contribution in [3.63, 3.8) is 0 Å². The molecule has 0 spiro atoms. The van der Waals surface area contributed by atoms with Crippen molar-refractivity contribution in [2.24, 2.45) is 0 Å². The van der Waals surface area contributed by atoms with Crippen LogP contribution in [0.1, 0.15) is 25.8 Å². The van der Waals surface area contributed by atoms with Gasteiger partial charge < -0.3 is 9.73 Å². The van der Waals surface area contributed by atoms with E-state index in [-0.39, 0.29) is 0 Å².